The zero-order valence-corrected chi connectivity index (χ0v) is 11.6. The lowest BCUT2D eigenvalue weighted by Gasteiger charge is -2.06. The predicted octanol–water partition coefficient (Wildman–Crippen LogP) is 3.15. The molecular formula is C16H21NO2. The van der Waals surface area contributed by atoms with Crippen LogP contribution in [0.1, 0.15) is 53.8 Å². The second-order valence-electron chi connectivity index (χ2n) is 4.73. The van der Waals surface area contributed by atoms with Gasteiger partial charge in [0.25, 0.3) is 0 Å². The van der Waals surface area contributed by atoms with Gasteiger partial charge >= 0.3 is 0 Å². The first-order chi connectivity index (χ1) is 9.06. The molecule has 0 saturated carbocycles. The third-order valence-electron chi connectivity index (χ3n) is 2.86. The molecular weight excluding hydrogens is 238 g/mol. The summed E-state index contributed by atoms with van der Waals surface area (Å²) >= 11 is 0. The first-order valence-corrected chi connectivity index (χ1v) is 6.67. The molecule has 0 aliphatic heterocycles. The molecule has 3 nitrogen and oxygen atoms in total. The molecule has 0 saturated heterocycles. The molecule has 0 aromatic heterocycles. The average molecular weight is 259 g/mol. The van der Waals surface area contributed by atoms with Gasteiger partial charge in [-0.1, -0.05) is 44.0 Å². The van der Waals surface area contributed by atoms with Gasteiger partial charge in [-0.25, -0.2) is 0 Å². The van der Waals surface area contributed by atoms with Crippen LogP contribution in [0.5, 0.6) is 0 Å². The van der Waals surface area contributed by atoms with E-state index in [1.165, 1.54) is 31.4 Å². The monoisotopic (exact) mass is 259 g/mol. The fraction of sp³-hybridized carbons (Fsp3) is 0.375. The van der Waals surface area contributed by atoms with Crippen LogP contribution in [0, 0.1) is 0 Å². The van der Waals surface area contributed by atoms with Gasteiger partial charge in [0.1, 0.15) is 0 Å². The smallest absolute Gasteiger partial charge is 0.186 e. The van der Waals surface area contributed by atoms with Crippen LogP contribution < -0.4 is 5.73 Å². The lowest BCUT2D eigenvalue weighted by molar-refractivity contribution is 0.0994. The van der Waals surface area contributed by atoms with Crippen molar-refractivity contribution in [1.82, 2.24) is 0 Å². The van der Waals surface area contributed by atoms with E-state index in [9.17, 15) is 9.59 Å². The predicted molar refractivity (Wildman–Crippen MR) is 77.4 cm³/mol. The number of unbranched alkanes of at least 4 members (excludes halogenated alkanes) is 1. The Balaban J connectivity index is 0.000000224. The van der Waals surface area contributed by atoms with Crippen molar-refractivity contribution in [2.75, 3.05) is 0 Å². The average Bonchev–Trinajstić information content (AvgIpc) is 2.42. The van der Waals surface area contributed by atoms with Gasteiger partial charge in [-0.3, -0.25) is 9.59 Å². The Morgan fingerprint density at radius 3 is 1.84 bits per heavy atom. The third kappa shape index (κ3) is 4.79. The Morgan fingerprint density at radius 2 is 1.53 bits per heavy atom. The minimum absolute atomic E-state index is 0.0924. The topological polar surface area (TPSA) is 60.2 Å². The summed E-state index contributed by atoms with van der Waals surface area (Å²) in [6.45, 7) is 4.23. The van der Waals surface area contributed by atoms with E-state index in [1.54, 1.807) is 24.3 Å². The summed E-state index contributed by atoms with van der Waals surface area (Å²) in [6.07, 6.45) is 6.34. The van der Waals surface area contributed by atoms with E-state index in [0.717, 1.165) is 0 Å². The maximum Gasteiger partial charge on any atom is 0.186 e. The molecule has 102 valence electrons. The van der Waals surface area contributed by atoms with Crippen molar-refractivity contribution in [3.05, 3.63) is 47.5 Å². The van der Waals surface area contributed by atoms with Gasteiger partial charge in [0, 0.05) is 17.2 Å². The highest BCUT2D eigenvalue weighted by Crippen LogP contribution is 2.15. The fourth-order valence-corrected chi connectivity index (χ4v) is 1.77. The summed E-state index contributed by atoms with van der Waals surface area (Å²) in [4.78, 5) is 22.4. The van der Waals surface area contributed by atoms with Crippen molar-refractivity contribution in [2.24, 2.45) is 5.73 Å². The Bertz CT molecular complexity index is 438. The third-order valence-corrected chi connectivity index (χ3v) is 2.86. The first kappa shape index (κ1) is 15.3. The molecule has 0 fully saturated rings. The van der Waals surface area contributed by atoms with Crippen LogP contribution in [0.2, 0.25) is 0 Å². The highest BCUT2D eigenvalue weighted by Gasteiger charge is 2.16. The molecule has 1 unspecified atom stereocenters. The second kappa shape index (κ2) is 7.64. The van der Waals surface area contributed by atoms with Gasteiger partial charge < -0.3 is 5.73 Å². The maximum atomic E-state index is 11.2. The van der Waals surface area contributed by atoms with Crippen LogP contribution in [-0.4, -0.2) is 17.6 Å². The molecule has 1 aromatic rings. The number of hydrogen-bond donors (Lipinski definition) is 1. The van der Waals surface area contributed by atoms with E-state index in [2.05, 4.69) is 13.8 Å². The summed E-state index contributed by atoms with van der Waals surface area (Å²) in [5.41, 5.74) is 6.49. The minimum Gasteiger partial charge on any atom is -0.328 e. The van der Waals surface area contributed by atoms with Crippen molar-refractivity contribution < 1.29 is 9.59 Å². The van der Waals surface area contributed by atoms with Crippen LogP contribution in [0.4, 0.5) is 0 Å². The number of rotatable bonds is 3. The fourth-order valence-electron chi connectivity index (χ4n) is 1.77. The van der Waals surface area contributed by atoms with Crippen molar-refractivity contribution in [3.63, 3.8) is 0 Å². The number of allylic oxidation sites excluding steroid dienone is 2. The number of carbonyl (C=O) groups excluding carboxylic acids is 2. The highest BCUT2D eigenvalue weighted by molar-refractivity contribution is 6.21. The molecule has 0 heterocycles. The van der Waals surface area contributed by atoms with Crippen LogP contribution in [0.25, 0.3) is 0 Å². The molecule has 1 atom stereocenters. The number of benzene rings is 1. The van der Waals surface area contributed by atoms with Crippen molar-refractivity contribution >= 4 is 11.6 Å². The van der Waals surface area contributed by atoms with E-state index in [1.807, 2.05) is 0 Å². The van der Waals surface area contributed by atoms with Gasteiger partial charge in [0.05, 0.1) is 0 Å². The Labute approximate surface area is 114 Å². The standard InChI is InChI=1S/C10H6O2.C6H15N/c11-9-5-6-10(12)8-4-2-1-3-7(8)9;1-3-4-5-6(2)7/h1-6H;6H,3-5,7H2,1-2H3. The Kier molecular flexibility index (Phi) is 6.16. The number of fused-ring (bicyclic) bond motifs is 1. The highest BCUT2D eigenvalue weighted by atomic mass is 16.1. The first-order valence-electron chi connectivity index (χ1n) is 6.67. The van der Waals surface area contributed by atoms with E-state index >= 15 is 0 Å². The SMILES string of the molecule is CCCCC(C)N.O=C1C=CC(=O)c2ccccc21. The molecule has 1 aromatic carbocycles. The zero-order valence-electron chi connectivity index (χ0n) is 11.6. The van der Waals surface area contributed by atoms with Gasteiger partial charge in [0.2, 0.25) is 0 Å². The van der Waals surface area contributed by atoms with E-state index in [-0.39, 0.29) is 11.6 Å². The summed E-state index contributed by atoms with van der Waals surface area (Å²) < 4.78 is 0. The van der Waals surface area contributed by atoms with Gasteiger partial charge in [-0.2, -0.15) is 0 Å². The van der Waals surface area contributed by atoms with Crippen LogP contribution in [-0.2, 0) is 0 Å². The number of nitrogens with two attached hydrogens (primary N) is 1. The summed E-state index contributed by atoms with van der Waals surface area (Å²) in [6, 6.07) is 7.24. The van der Waals surface area contributed by atoms with Crippen LogP contribution in [0.3, 0.4) is 0 Å². The molecule has 1 aliphatic rings. The van der Waals surface area contributed by atoms with E-state index in [4.69, 9.17) is 5.73 Å². The Morgan fingerprint density at radius 1 is 1.05 bits per heavy atom. The number of hydrogen-bond acceptors (Lipinski definition) is 3. The molecule has 0 amide bonds. The number of ketones is 2. The second-order valence-corrected chi connectivity index (χ2v) is 4.73. The molecule has 0 spiro atoms. The molecule has 2 rings (SSSR count). The van der Waals surface area contributed by atoms with Crippen molar-refractivity contribution in [1.29, 1.82) is 0 Å². The molecule has 1 aliphatic carbocycles. The Hall–Kier alpha value is -1.74. The van der Waals surface area contributed by atoms with Crippen LogP contribution in [0.15, 0.2) is 36.4 Å². The van der Waals surface area contributed by atoms with Gasteiger partial charge in [-0.15, -0.1) is 0 Å². The maximum absolute atomic E-state index is 11.2. The molecule has 0 radical (unpaired) electrons. The normalized spacial score (nSPS) is 14.5. The minimum atomic E-state index is -0.0924. The van der Waals surface area contributed by atoms with Crippen LogP contribution >= 0.6 is 0 Å². The van der Waals surface area contributed by atoms with Gasteiger partial charge in [0.15, 0.2) is 11.6 Å². The summed E-state index contributed by atoms with van der Waals surface area (Å²) in [5, 5.41) is 0. The molecule has 0 bridgehead atoms. The van der Waals surface area contributed by atoms with Gasteiger partial charge in [-0.05, 0) is 25.5 Å². The lowest BCUT2D eigenvalue weighted by Crippen LogP contribution is -2.13. The molecule has 2 N–H and O–H groups in total. The molecule has 3 heteroatoms. The summed E-state index contributed by atoms with van der Waals surface area (Å²) in [7, 11) is 0. The van der Waals surface area contributed by atoms with Crippen molar-refractivity contribution in [3.8, 4) is 0 Å². The zero-order chi connectivity index (χ0) is 14.3. The van der Waals surface area contributed by atoms with E-state index in [0.29, 0.717) is 17.2 Å². The quantitative estimate of drug-likeness (QED) is 0.907. The largest absolute Gasteiger partial charge is 0.328 e. The molecule has 19 heavy (non-hydrogen) atoms. The summed E-state index contributed by atoms with van der Waals surface area (Å²) in [5.74, 6) is -0.185. The van der Waals surface area contributed by atoms with Crippen molar-refractivity contribution in [2.45, 2.75) is 39.2 Å². The van der Waals surface area contributed by atoms with E-state index < -0.39 is 0 Å². The lowest BCUT2D eigenvalue weighted by atomic mass is 9.95. The number of carbonyl (C=O) groups is 2.